The Hall–Kier alpha value is -1.18. The van der Waals surface area contributed by atoms with Gasteiger partial charge in [-0.05, 0) is 39.0 Å². The molecule has 0 aliphatic carbocycles. The first kappa shape index (κ1) is 28.9. The minimum Gasteiger partial charge on any atom is -0.876 e. The van der Waals surface area contributed by atoms with Gasteiger partial charge in [-0.25, -0.2) is 0 Å². The Bertz CT molecular complexity index is 368. The van der Waals surface area contributed by atoms with Crippen molar-refractivity contribution >= 4 is 17.3 Å². The second kappa shape index (κ2) is 17.9. The molecule has 0 aromatic carbocycles. The molecule has 0 aromatic rings. The molecule has 0 heterocycles. The van der Waals surface area contributed by atoms with Gasteiger partial charge in [-0.3, -0.25) is 14.4 Å². The van der Waals surface area contributed by atoms with E-state index in [1.807, 2.05) is 0 Å². The van der Waals surface area contributed by atoms with Crippen LogP contribution in [0.3, 0.4) is 0 Å². The molecule has 0 rings (SSSR count). The standard InChI is InChI=1S/3C5H8O2.La/c3*1-4(6)3-5(2)7;/h3*3,6H,1-2H3;/q;;;+3/p-3. The Labute approximate surface area is 159 Å². The van der Waals surface area contributed by atoms with Crippen molar-refractivity contribution in [1.29, 1.82) is 0 Å². The second-order valence-corrected chi connectivity index (χ2v) is 4.10. The van der Waals surface area contributed by atoms with Crippen molar-refractivity contribution in [2.24, 2.45) is 0 Å². The molecule has 0 saturated heterocycles. The van der Waals surface area contributed by atoms with Crippen LogP contribution >= 0.6 is 0 Å². The number of ketones is 3. The minimum atomic E-state index is -0.187. The van der Waals surface area contributed by atoms with Gasteiger partial charge in [0.2, 0.25) is 0 Å². The molecule has 0 aromatic heterocycles. The van der Waals surface area contributed by atoms with Crippen LogP contribution < -0.4 is 15.3 Å². The average Bonchev–Trinajstić information content (AvgIpc) is 2.10. The van der Waals surface area contributed by atoms with Gasteiger partial charge in [0.15, 0.2) is 17.3 Å². The molecule has 0 fully saturated rings. The first-order valence-electron chi connectivity index (χ1n) is 5.96. The van der Waals surface area contributed by atoms with E-state index in [4.69, 9.17) is 0 Å². The fraction of sp³-hybridized carbons (Fsp3) is 0.400. The number of hydrogen-bond donors (Lipinski definition) is 0. The van der Waals surface area contributed by atoms with Gasteiger partial charge in [0.1, 0.15) is 0 Å². The third kappa shape index (κ3) is 51.0. The van der Waals surface area contributed by atoms with Crippen molar-refractivity contribution in [2.45, 2.75) is 41.5 Å². The van der Waals surface area contributed by atoms with Crippen LogP contribution in [0, 0.1) is 35.6 Å². The molecule has 0 unspecified atom stereocenters. The summed E-state index contributed by atoms with van der Waals surface area (Å²) in [5.74, 6) is -1.12. The van der Waals surface area contributed by atoms with Crippen molar-refractivity contribution < 1.29 is 65.3 Å². The number of carbonyl (C=O) groups excluding carboxylic acids is 3. The first-order chi connectivity index (χ1) is 9.38. The minimum absolute atomic E-state index is 0. The Morgan fingerprint density at radius 2 is 0.682 bits per heavy atom. The largest absolute Gasteiger partial charge is 3.00 e. The van der Waals surface area contributed by atoms with E-state index < -0.39 is 0 Å². The van der Waals surface area contributed by atoms with Crippen molar-refractivity contribution in [1.82, 2.24) is 0 Å². The normalized spacial score (nSPS) is 10.9. The van der Waals surface area contributed by atoms with Crippen molar-refractivity contribution in [3.8, 4) is 0 Å². The summed E-state index contributed by atoms with van der Waals surface area (Å²) in [5, 5.41) is 29.9. The molecule has 0 radical (unpaired) electrons. The monoisotopic (exact) mass is 436 g/mol. The van der Waals surface area contributed by atoms with Crippen LogP contribution in [0.5, 0.6) is 0 Å². The molecule has 6 nitrogen and oxygen atoms in total. The summed E-state index contributed by atoms with van der Waals surface area (Å²) < 4.78 is 0. The number of allylic oxidation sites excluding steroid dienone is 6. The Kier molecular flexibility index (Phi) is 23.5. The topological polar surface area (TPSA) is 120 Å². The van der Waals surface area contributed by atoms with E-state index in [1.165, 1.54) is 41.5 Å². The second-order valence-electron chi connectivity index (χ2n) is 4.10. The summed E-state index contributed by atoms with van der Waals surface area (Å²) in [6.45, 7) is 8.09. The maximum Gasteiger partial charge on any atom is 3.00 e. The van der Waals surface area contributed by atoms with Crippen LogP contribution in [0.1, 0.15) is 41.5 Å². The van der Waals surface area contributed by atoms with E-state index in [9.17, 15) is 29.7 Å². The van der Waals surface area contributed by atoms with E-state index in [1.54, 1.807) is 0 Å². The quantitative estimate of drug-likeness (QED) is 0.435. The van der Waals surface area contributed by atoms with E-state index in [-0.39, 0.29) is 70.2 Å². The first-order valence-corrected chi connectivity index (χ1v) is 5.96. The molecule has 120 valence electrons. The summed E-state index contributed by atoms with van der Waals surface area (Å²) in [7, 11) is 0. The van der Waals surface area contributed by atoms with Crippen LogP contribution in [-0.4, -0.2) is 17.3 Å². The summed E-state index contributed by atoms with van der Waals surface area (Å²) in [5.41, 5.74) is 0. The molecule has 0 N–H and O–H groups in total. The summed E-state index contributed by atoms with van der Waals surface area (Å²) in [6, 6.07) is 0. The van der Waals surface area contributed by atoms with Gasteiger partial charge in [0.05, 0.1) is 0 Å². The molecule has 0 saturated carbocycles. The predicted molar refractivity (Wildman–Crippen MR) is 73.3 cm³/mol. The van der Waals surface area contributed by atoms with Gasteiger partial charge >= 0.3 is 35.6 Å². The van der Waals surface area contributed by atoms with Crippen LogP contribution in [0.25, 0.3) is 0 Å². The molecule has 0 atom stereocenters. The number of hydrogen-bond acceptors (Lipinski definition) is 6. The molecular formula is C15H21LaO6. The van der Waals surface area contributed by atoms with Crippen molar-refractivity contribution in [3.05, 3.63) is 35.5 Å². The zero-order chi connectivity index (χ0) is 17.6. The fourth-order valence-electron chi connectivity index (χ4n) is 0.859. The van der Waals surface area contributed by atoms with Gasteiger partial charge in [-0.15, -0.1) is 17.3 Å². The number of carbonyl (C=O) groups is 3. The third-order valence-electron chi connectivity index (χ3n) is 1.22. The van der Waals surface area contributed by atoms with E-state index in [0.717, 1.165) is 18.2 Å². The van der Waals surface area contributed by atoms with Gasteiger partial charge < -0.3 is 15.3 Å². The SMILES string of the molecule is CC(=O)C=C(C)[O-].CC(=O)C=C(C)[O-].CC(=O)C=C(C)[O-].[La+3]. The summed E-state index contributed by atoms with van der Waals surface area (Å²) in [4.78, 5) is 29.9. The molecule has 0 aliphatic heterocycles. The van der Waals surface area contributed by atoms with Gasteiger partial charge in [0.25, 0.3) is 0 Å². The molecule has 0 amide bonds. The summed E-state index contributed by atoms with van der Waals surface area (Å²) in [6.07, 6.45) is 3.17. The molecule has 22 heavy (non-hydrogen) atoms. The van der Waals surface area contributed by atoms with Gasteiger partial charge in [-0.1, -0.05) is 20.8 Å². The third-order valence-corrected chi connectivity index (χ3v) is 1.22. The average molecular weight is 436 g/mol. The van der Waals surface area contributed by atoms with Crippen molar-refractivity contribution in [3.63, 3.8) is 0 Å². The molecule has 0 bridgehead atoms. The van der Waals surface area contributed by atoms with E-state index in [2.05, 4.69) is 0 Å². The zero-order valence-corrected chi connectivity index (χ0v) is 17.4. The Morgan fingerprint density at radius 1 is 0.545 bits per heavy atom. The van der Waals surface area contributed by atoms with Gasteiger partial charge in [0, 0.05) is 0 Å². The zero-order valence-electron chi connectivity index (χ0n) is 13.8. The van der Waals surface area contributed by atoms with E-state index in [0.29, 0.717) is 0 Å². The Balaban J connectivity index is -0.000000108. The molecule has 0 spiro atoms. The van der Waals surface area contributed by atoms with Crippen LogP contribution in [0.2, 0.25) is 0 Å². The maximum atomic E-state index is 9.98. The maximum absolute atomic E-state index is 9.98. The molecule has 0 aliphatic rings. The van der Waals surface area contributed by atoms with Crippen LogP contribution in [-0.2, 0) is 14.4 Å². The molecule has 7 heteroatoms. The predicted octanol–water partition coefficient (Wildman–Crippen LogP) is -0.481. The Morgan fingerprint density at radius 3 is 0.682 bits per heavy atom. The smallest absolute Gasteiger partial charge is 0.876 e. The van der Waals surface area contributed by atoms with Crippen LogP contribution in [0.15, 0.2) is 35.5 Å². The summed E-state index contributed by atoms with van der Waals surface area (Å²) >= 11 is 0. The fourth-order valence-corrected chi connectivity index (χ4v) is 0.859. The van der Waals surface area contributed by atoms with Crippen molar-refractivity contribution in [2.75, 3.05) is 0 Å². The molecular weight excluding hydrogens is 415 g/mol. The van der Waals surface area contributed by atoms with Gasteiger partial charge in [-0.2, -0.15) is 0 Å². The number of rotatable bonds is 3. The van der Waals surface area contributed by atoms with E-state index >= 15 is 0 Å². The van der Waals surface area contributed by atoms with Crippen LogP contribution in [0.4, 0.5) is 0 Å².